The summed E-state index contributed by atoms with van der Waals surface area (Å²) in [5.41, 5.74) is 1.67. The van der Waals surface area contributed by atoms with E-state index in [1.165, 1.54) is 12.1 Å². The van der Waals surface area contributed by atoms with Crippen LogP contribution in [0, 0.1) is 25.6 Å². The van der Waals surface area contributed by atoms with Gasteiger partial charge in [-0.25, -0.2) is 0 Å². The third-order valence-corrected chi connectivity index (χ3v) is 6.28. The van der Waals surface area contributed by atoms with Gasteiger partial charge in [-0.2, -0.15) is 0 Å². The van der Waals surface area contributed by atoms with E-state index in [0.717, 1.165) is 56.4 Å². The van der Waals surface area contributed by atoms with Crippen molar-refractivity contribution in [2.45, 2.75) is 85.9 Å². The van der Waals surface area contributed by atoms with Crippen LogP contribution in [0.15, 0.2) is 48.5 Å². The number of benzene rings is 2. The Hall–Kier alpha value is -3.37. The lowest BCUT2D eigenvalue weighted by Crippen LogP contribution is -2.35. The first-order chi connectivity index (χ1) is 19.1. The third kappa shape index (κ3) is 14.2. The lowest BCUT2D eigenvalue weighted by Gasteiger charge is -2.30. The van der Waals surface area contributed by atoms with Crippen LogP contribution in [0.2, 0.25) is 0 Å². The molecule has 0 unspecified atom stereocenters. The Morgan fingerprint density at radius 1 is 0.707 bits per heavy atom. The largest absolute Gasteiger partial charge is 0.459 e. The quantitative estimate of drug-likeness (QED) is 0.0940. The van der Waals surface area contributed by atoms with E-state index in [1.54, 1.807) is 24.3 Å². The van der Waals surface area contributed by atoms with Crippen molar-refractivity contribution < 1.29 is 19.4 Å². The van der Waals surface area contributed by atoms with Gasteiger partial charge in [0.2, 0.25) is 0 Å². The summed E-state index contributed by atoms with van der Waals surface area (Å²) in [7, 11) is 0. The minimum atomic E-state index is -0.566. The van der Waals surface area contributed by atoms with Crippen molar-refractivity contribution in [2.24, 2.45) is 5.41 Å². The number of rotatable bonds is 16. The van der Waals surface area contributed by atoms with Crippen molar-refractivity contribution in [3.05, 3.63) is 79.9 Å². The Bertz CT molecular complexity index is 1120. The number of nitro groups is 2. The van der Waals surface area contributed by atoms with E-state index in [2.05, 4.69) is 25.7 Å². The molecule has 2 rings (SSSR count). The number of ether oxygens (including phenoxy) is 1. The predicted octanol–water partition coefficient (Wildman–Crippen LogP) is 6.76. The molecule has 0 saturated heterocycles. The lowest BCUT2D eigenvalue weighted by molar-refractivity contribution is -0.385. The molecule has 0 aliphatic carbocycles. The summed E-state index contributed by atoms with van der Waals surface area (Å²) in [6.07, 6.45) is 3.99. The molecule has 0 saturated carbocycles. The van der Waals surface area contributed by atoms with Crippen LogP contribution in [-0.4, -0.2) is 57.4 Å². The molecule has 10 heteroatoms. The van der Waals surface area contributed by atoms with Crippen LogP contribution in [0.25, 0.3) is 0 Å². The van der Waals surface area contributed by atoms with Crippen LogP contribution >= 0.6 is 0 Å². The van der Waals surface area contributed by atoms with Gasteiger partial charge < -0.3 is 4.74 Å². The number of carbonyl (C=O) groups is 1. The number of unbranched alkanes of at least 4 members (excludes halogenated alkanes) is 3. The zero-order chi connectivity index (χ0) is 30.6. The number of hydrogen-bond acceptors (Lipinski definition) is 8. The smallest absolute Gasteiger partial charge is 0.320 e. The van der Waals surface area contributed by atoms with Crippen molar-refractivity contribution in [1.29, 1.82) is 0 Å². The normalized spacial score (nSPS) is 12.1. The van der Waals surface area contributed by atoms with E-state index in [9.17, 15) is 25.0 Å². The molecule has 2 aromatic carbocycles. The van der Waals surface area contributed by atoms with Crippen molar-refractivity contribution in [3.63, 3.8) is 0 Å². The maximum Gasteiger partial charge on any atom is 0.320 e. The summed E-state index contributed by atoms with van der Waals surface area (Å²) in [6.45, 7) is 16.1. The van der Waals surface area contributed by atoms with Crippen LogP contribution in [0.4, 0.5) is 11.4 Å². The van der Waals surface area contributed by atoms with Crippen LogP contribution in [0.5, 0.6) is 0 Å². The third-order valence-electron chi connectivity index (χ3n) is 6.28. The topological polar surface area (TPSA) is 119 Å². The van der Waals surface area contributed by atoms with Crippen LogP contribution in [-0.2, 0) is 22.6 Å². The Balaban J connectivity index is 1.89. The first kappa shape index (κ1) is 33.8. The Morgan fingerprint density at radius 2 is 1.12 bits per heavy atom. The highest BCUT2D eigenvalue weighted by Gasteiger charge is 2.20. The van der Waals surface area contributed by atoms with Crippen molar-refractivity contribution in [3.8, 4) is 0 Å². The monoisotopic (exact) mass is 570 g/mol. The predicted molar refractivity (Wildman–Crippen MR) is 161 cm³/mol. The van der Waals surface area contributed by atoms with Crippen molar-refractivity contribution in [1.82, 2.24) is 9.80 Å². The van der Waals surface area contributed by atoms with Crippen LogP contribution < -0.4 is 0 Å². The van der Waals surface area contributed by atoms with E-state index in [4.69, 9.17) is 4.74 Å². The summed E-state index contributed by atoms with van der Waals surface area (Å²) in [6, 6.07) is 13.2. The van der Waals surface area contributed by atoms with Crippen molar-refractivity contribution in [2.75, 3.05) is 26.2 Å². The number of esters is 1. The second-order valence-electron chi connectivity index (χ2n) is 12.8. The zero-order valence-electron chi connectivity index (χ0n) is 25.4. The van der Waals surface area contributed by atoms with Gasteiger partial charge in [0.05, 0.1) is 16.4 Å². The highest BCUT2D eigenvalue weighted by atomic mass is 16.6. The maximum atomic E-state index is 12.5. The van der Waals surface area contributed by atoms with E-state index in [-0.39, 0.29) is 34.2 Å². The summed E-state index contributed by atoms with van der Waals surface area (Å²) in [5, 5.41) is 22.0. The molecule has 0 atom stereocenters. The Morgan fingerprint density at radius 3 is 1.51 bits per heavy atom. The Labute approximate surface area is 244 Å². The number of nitro benzene ring substituents is 2. The average molecular weight is 571 g/mol. The number of hydrogen-bond donors (Lipinski definition) is 0. The van der Waals surface area contributed by atoms with E-state index >= 15 is 0 Å². The highest BCUT2D eigenvalue weighted by molar-refractivity contribution is 5.72. The molecule has 41 heavy (non-hydrogen) atoms. The first-order valence-corrected chi connectivity index (χ1v) is 14.2. The summed E-state index contributed by atoms with van der Waals surface area (Å²) in [4.78, 5) is 38.1. The summed E-state index contributed by atoms with van der Waals surface area (Å²) in [5.74, 6) is -0.288. The fourth-order valence-corrected chi connectivity index (χ4v) is 4.64. The van der Waals surface area contributed by atoms with Gasteiger partial charge in [0, 0.05) is 43.9 Å². The average Bonchev–Trinajstić information content (AvgIpc) is 2.84. The van der Waals surface area contributed by atoms with E-state index in [0.29, 0.717) is 13.1 Å². The van der Waals surface area contributed by atoms with Gasteiger partial charge in [-0.15, -0.1) is 0 Å². The first-order valence-electron chi connectivity index (χ1n) is 14.2. The van der Waals surface area contributed by atoms with Gasteiger partial charge in [-0.1, -0.05) is 57.9 Å². The molecule has 0 bridgehead atoms. The maximum absolute atomic E-state index is 12.5. The SMILES string of the molecule is CC(C)(C)CN(CCCCCCN(CC(=O)OC(C)(C)C)Cc1ccc([N+](=O)[O-])cc1)Cc1ccc([N+](=O)[O-])cc1. The second-order valence-corrected chi connectivity index (χ2v) is 12.8. The number of non-ortho nitro benzene ring substituents is 2. The molecule has 0 amide bonds. The minimum absolute atomic E-state index is 0.0431. The molecule has 0 fully saturated rings. The van der Waals surface area contributed by atoms with E-state index < -0.39 is 10.5 Å². The summed E-state index contributed by atoms with van der Waals surface area (Å²) >= 11 is 0. The zero-order valence-corrected chi connectivity index (χ0v) is 25.4. The molecule has 0 N–H and O–H groups in total. The molecular formula is C31H46N4O6. The number of nitrogens with zero attached hydrogens (tertiary/aromatic N) is 4. The molecule has 2 aromatic rings. The van der Waals surface area contributed by atoms with Gasteiger partial charge in [0.15, 0.2) is 0 Å². The molecule has 0 aliphatic heterocycles. The van der Waals surface area contributed by atoms with Gasteiger partial charge >= 0.3 is 5.97 Å². The molecule has 0 heterocycles. The Kier molecular flexibility index (Phi) is 12.9. The van der Waals surface area contributed by atoms with Crippen LogP contribution in [0.1, 0.15) is 78.4 Å². The fourth-order valence-electron chi connectivity index (χ4n) is 4.64. The van der Waals surface area contributed by atoms with Crippen LogP contribution in [0.3, 0.4) is 0 Å². The minimum Gasteiger partial charge on any atom is -0.459 e. The number of carbonyl (C=O) groups excluding carboxylic acids is 1. The second kappa shape index (κ2) is 15.6. The summed E-state index contributed by atoms with van der Waals surface area (Å²) < 4.78 is 5.53. The standard InChI is InChI=1S/C31H46N4O6/c1-30(2,3)24-33(22-26-13-17-28(18-14-26)35(39)40)20-10-8-7-9-19-32(23-29(36)41-31(4,5)6)21-25-11-15-27(16-12-25)34(37)38/h11-18H,7-10,19-24H2,1-6H3. The molecule has 226 valence electrons. The lowest BCUT2D eigenvalue weighted by atomic mass is 9.95. The molecule has 0 spiro atoms. The van der Waals surface area contributed by atoms with Gasteiger partial charge in [0.1, 0.15) is 5.60 Å². The van der Waals surface area contributed by atoms with Gasteiger partial charge in [0.25, 0.3) is 11.4 Å². The van der Waals surface area contributed by atoms with Gasteiger partial charge in [-0.05, 0) is 63.2 Å². The molecule has 10 nitrogen and oxygen atoms in total. The molecule has 0 radical (unpaired) electrons. The molecule has 0 aliphatic rings. The molecule has 0 aromatic heterocycles. The van der Waals surface area contributed by atoms with Gasteiger partial charge in [-0.3, -0.25) is 34.8 Å². The van der Waals surface area contributed by atoms with Crippen molar-refractivity contribution >= 4 is 17.3 Å². The van der Waals surface area contributed by atoms with E-state index in [1.807, 2.05) is 37.8 Å². The molecular weight excluding hydrogens is 524 g/mol. The fraction of sp³-hybridized carbons (Fsp3) is 0.581. The highest BCUT2D eigenvalue weighted by Crippen LogP contribution is 2.20.